The highest BCUT2D eigenvalue weighted by molar-refractivity contribution is 5.69. The van der Waals surface area contributed by atoms with E-state index in [1.165, 1.54) is 0 Å². The van der Waals surface area contributed by atoms with Crippen LogP contribution in [-0.4, -0.2) is 30.8 Å². The molecule has 0 saturated carbocycles. The second-order valence-electron chi connectivity index (χ2n) is 5.05. The Balaban J connectivity index is 2.34. The van der Waals surface area contributed by atoms with Crippen molar-refractivity contribution in [1.29, 1.82) is 0 Å². The number of carbonyl (C=O) groups is 1. The quantitative estimate of drug-likeness (QED) is 0.863. The molecule has 5 nitrogen and oxygen atoms in total. The van der Waals surface area contributed by atoms with Gasteiger partial charge in [-0.25, -0.2) is 0 Å². The lowest BCUT2D eigenvalue weighted by molar-refractivity contribution is -0.138. The average Bonchev–Trinajstić information content (AvgIpc) is 2.62. The number of ether oxygens (including phenoxy) is 2. The van der Waals surface area contributed by atoms with Gasteiger partial charge in [-0.05, 0) is 17.7 Å². The van der Waals surface area contributed by atoms with E-state index < -0.39 is 11.4 Å². The maximum atomic E-state index is 11.0. The van der Waals surface area contributed by atoms with Gasteiger partial charge in [-0.1, -0.05) is 13.0 Å². The molecule has 0 bridgehead atoms. The summed E-state index contributed by atoms with van der Waals surface area (Å²) in [4.78, 5) is 11.0. The largest absolute Gasteiger partial charge is 0.490 e. The molecule has 0 saturated heterocycles. The van der Waals surface area contributed by atoms with Crippen LogP contribution in [0.4, 0.5) is 0 Å². The van der Waals surface area contributed by atoms with Crippen LogP contribution >= 0.6 is 0 Å². The Morgan fingerprint density at radius 3 is 2.68 bits per heavy atom. The maximum absolute atomic E-state index is 11.0. The van der Waals surface area contributed by atoms with Crippen molar-refractivity contribution in [2.75, 3.05) is 19.8 Å². The fourth-order valence-corrected chi connectivity index (χ4v) is 2.16. The van der Waals surface area contributed by atoms with E-state index in [1.54, 1.807) is 0 Å². The van der Waals surface area contributed by atoms with Crippen molar-refractivity contribution in [2.24, 2.45) is 5.73 Å². The molecule has 3 N–H and O–H groups in total. The van der Waals surface area contributed by atoms with Crippen LogP contribution in [0.2, 0.25) is 0 Å². The SMILES string of the molecule is CC(CN)(CC(=O)O)c1ccc2c(c1)OCCCO2. The Morgan fingerprint density at radius 2 is 2.05 bits per heavy atom. The summed E-state index contributed by atoms with van der Waals surface area (Å²) < 4.78 is 11.2. The normalized spacial score (nSPS) is 17.4. The number of aliphatic carboxylic acids is 1. The van der Waals surface area contributed by atoms with Crippen molar-refractivity contribution in [2.45, 2.75) is 25.2 Å². The molecule has 0 aliphatic carbocycles. The zero-order valence-electron chi connectivity index (χ0n) is 11.0. The highest BCUT2D eigenvalue weighted by atomic mass is 16.5. The number of rotatable bonds is 4. The van der Waals surface area contributed by atoms with Gasteiger partial charge in [-0.15, -0.1) is 0 Å². The molecule has 1 heterocycles. The zero-order chi connectivity index (χ0) is 13.9. The van der Waals surface area contributed by atoms with Crippen LogP contribution in [0.15, 0.2) is 18.2 Å². The molecule has 0 amide bonds. The molecule has 1 aliphatic heterocycles. The van der Waals surface area contributed by atoms with Crippen molar-refractivity contribution in [3.63, 3.8) is 0 Å². The molecule has 1 atom stereocenters. The van der Waals surface area contributed by atoms with E-state index in [-0.39, 0.29) is 13.0 Å². The smallest absolute Gasteiger partial charge is 0.304 e. The van der Waals surface area contributed by atoms with Crippen molar-refractivity contribution >= 4 is 5.97 Å². The predicted octanol–water partition coefficient (Wildman–Crippen LogP) is 1.54. The first-order chi connectivity index (χ1) is 9.05. The van der Waals surface area contributed by atoms with E-state index in [2.05, 4.69) is 0 Å². The van der Waals surface area contributed by atoms with Gasteiger partial charge in [-0.3, -0.25) is 4.79 Å². The number of fused-ring (bicyclic) bond motifs is 1. The Bertz CT molecular complexity index is 475. The fourth-order valence-electron chi connectivity index (χ4n) is 2.16. The van der Waals surface area contributed by atoms with Crippen molar-refractivity contribution < 1.29 is 19.4 Å². The maximum Gasteiger partial charge on any atom is 0.304 e. The molecule has 0 radical (unpaired) electrons. The molecular weight excluding hydrogens is 246 g/mol. The molecule has 19 heavy (non-hydrogen) atoms. The fraction of sp³-hybridized carbons (Fsp3) is 0.500. The van der Waals surface area contributed by atoms with E-state index in [1.807, 2.05) is 25.1 Å². The number of carboxylic acid groups (broad SMARTS) is 1. The molecule has 5 heteroatoms. The Labute approximate surface area is 112 Å². The number of hydrogen-bond acceptors (Lipinski definition) is 4. The first-order valence-electron chi connectivity index (χ1n) is 6.37. The van der Waals surface area contributed by atoms with Gasteiger partial charge in [0.15, 0.2) is 11.5 Å². The summed E-state index contributed by atoms with van der Waals surface area (Å²) in [6, 6.07) is 5.53. The minimum Gasteiger partial charge on any atom is -0.490 e. The van der Waals surface area contributed by atoms with E-state index in [4.69, 9.17) is 20.3 Å². The van der Waals surface area contributed by atoms with Crippen LogP contribution in [0, 0.1) is 0 Å². The summed E-state index contributed by atoms with van der Waals surface area (Å²) in [5, 5.41) is 9.01. The Hall–Kier alpha value is -1.75. The summed E-state index contributed by atoms with van der Waals surface area (Å²) >= 11 is 0. The Kier molecular flexibility index (Phi) is 3.95. The van der Waals surface area contributed by atoms with Gasteiger partial charge in [0.1, 0.15) is 0 Å². The molecule has 2 rings (SSSR count). The minimum atomic E-state index is -0.861. The monoisotopic (exact) mass is 265 g/mol. The molecule has 1 unspecified atom stereocenters. The lowest BCUT2D eigenvalue weighted by Crippen LogP contribution is -2.34. The van der Waals surface area contributed by atoms with Gasteiger partial charge in [-0.2, -0.15) is 0 Å². The van der Waals surface area contributed by atoms with Gasteiger partial charge in [0.05, 0.1) is 19.6 Å². The van der Waals surface area contributed by atoms with Crippen LogP contribution in [-0.2, 0) is 10.2 Å². The molecule has 1 aromatic rings. The third-order valence-corrected chi connectivity index (χ3v) is 3.44. The first kappa shape index (κ1) is 13.7. The predicted molar refractivity (Wildman–Crippen MR) is 70.7 cm³/mol. The van der Waals surface area contributed by atoms with Crippen molar-refractivity contribution in [3.8, 4) is 11.5 Å². The van der Waals surface area contributed by atoms with Crippen LogP contribution < -0.4 is 15.2 Å². The van der Waals surface area contributed by atoms with Crippen LogP contribution in [0.3, 0.4) is 0 Å². The summed E-state index contributed by atoms with van der Waals surface area (Å²) in [6.07, 6.45) is 0.830. The second kappa shape index (κ2) is 5.48. The van der Waals surface area contributed by atoms with Crippen LogP contribution in [0.25, 0.3) is 0 Å². The molecule has 104 valence electrons. The van der Waals surface area contributed by atoms with Crippen LogP contribution in [0.1, 0.15) is 25.3 Å². The first-order valence-corrected chi connectivity index (χ1v) is 6.37. The lowest BCUT2D eigenvalue weighted by atomic mass is 9.79. The molecule has 1 aromatic carbocycles. The van der Waals surface area contributed by atoms with E-state index in [0.29, 0.717) is 24.7 Å². The van der Waals surface area contributed by atoms with Crippen molar-refractivity contribution in [1.82, 2.24) is 0 Å². The second-order valence-corrected chi connectivity index (χ2v) is 5.05. The summed E-state index contributed by atoms with van der Waals surface area (Å²) in [5.74, 6) is 0.510. The van der Waals surface area contributed by atoms with Gasteiger partial charge >= 0.3 is 5.97 Å². The van der Waals surface area contributed by atoms with Gasteiger partial charge < -0.3 is 20.3 Å². The van der Waals surface area contributed by atoms with E-state index in [9.17, 15) is 4.79 Å². The van der Waals surface area contributed by atoms with Crippen molar-refractivity contribution in [3.05, 3.63) is 23.8 Å². The number of carboxylic acids is 1. The highest BCUT2D eigenvalue weighted by Gasteiger charge is 2.29. The third-order valence-electron chi connectivity index (χ3n) is 3.44. The van der Waals surface area contributed by atoms with Gasteiger partial charge in [0.25, 0.3) is 0 Å². The molecule has 0 aromatic heterocycles. The summed E-state index contributed by atoms with van der Waals surface area (Å²) in [7, 11) is 0. The number of benzene rings is 1. The number of nitrogens with two attached hydrogens (primary N) is 1. The third kappa shape index (κ3) is 2.98. The van der Waals surface area contributed by atoms with Crippen LogP contribution in [0.5, 0.6) is 11.5 Å². The minimum absolute atomic E-state index is 0.0108. The summed E-state index contributed by atoms with van der Waals surface area (Å²) in [5.41, 5.74) is 6.02. The highest BCUT2D eigenvalue weighted by Crippen LogP contribution is 2.36. The average molecular weight is 265 g/mol. The van der Waals surface area contributed by atoms with E-state index in [0.717, 1.165) is 12.0 Å². The Morgan fingerprint density at radius 1 is 1.37 bits per heavy atom. The van der Waals surface area contributed by atoms with Gasteiger partial charge in [0, 0.05) is 18.4 Å². The topological polar surface area (TPSA) is 81.8 Å². The number of hydrogen-bond donors (Lipinski definition) is 2. The standard InChI is InChI=1S/C14H19NO4/c1-14(9-15,8-13(16)17)10-3-4-11-12(7-10)19-6-2-5-18-11/h3-4,7H,2,5-6,8-9,15H2,1H3,(H,16,17). The molecule has 0 fully saturated rings. The molecular formula is C14H19NO4. The molecule has 0 spiro atoms. The van der Waals surface area contributed by atoms with E-state index >= 15 is 0 Å². The molecule has 1 aliphatic rings. The summed E-state index contributed by atoms with van der Waals surface area (Å²) in [6.45, 7) is 3.35. The zero-order valence-corrected chi connectivity index (χ0v) is 11.0. The lowest BCUT2D eigenvalue weighted by Gasteiger charge is -2.27. The van der Waals surface area contributed by atoms with Gasteiger partial charge in [0.2, 0.25) is 0 Å².